The first-order chi connectivity index (χ1) is 22.5. The molecule has 0 aromatic heterocycles. The summed E-state index contributed by atoms with van der Waals surface area (Å²) in [4.78, 5) is 24.6. The summed E-state index contributed by atoms with van der Waals surface area (Å²) in [5.74, 6) is -1.03. The summed E-state index contributed by atoms with van der Waals surface area (Å²) < 4.78 is 0. The standard InChI is InChI=1S/C42H76N2O2/c1-3-5-7-9-11-13-15-17-19-21-23-25-27-29-31-39(41(43)45)37-33-35-38(36-34-37)40(42(44)46)32-30-28-26-24-22-20-18-16-14-12-10-8-6-4-2/h33-36,39-40H,3-32H2,1-2H3,(H2,43,45)(H2,44,46). The smallest absolute Gasteiger partial charge is 0.224 e. The van der Waals surface area contributed by atoms with Crippen molar-refractivity contribution in [1.82, 2.24) is 0 Å². The lowest BCUT2D eigenvalue weighted by molar-refractivity contribution is -0.120. The van der Waals surface area contributed by atoms with Crippen LogP contribution >= 0.6 is 0 Å². The summed E-state index contributed by atoms with van der Waals surface area (Å²) in [7, 11) is 0. The van der Waals surface area contributed by atoms with Gasteiger partial charge < -0.3 is 11.5 Å². The summed E-state index contributed by atoms with van der Waals surface area (Å²) in [6, 6.07) is 7.98. The number of benzene rings is 1. The summed E-state index contributed by atoms with van der Waals surface area (Å²) in [6.07, 6.45) is 38.7. The van der Waals surface area contributed by atoms with Gasteiger partial charge in [0.05, 0.1) is 11.8 Å². The van der Waals surface area contributed by atoms with E-state index in [2.05, 4.69) is 13.8 Å². The van der Waals surface area contributed by atoms with Crippen LogP contribution in [0.15, 0.2) is 24.3 Å². The lowest BCUT2D eigenvalue weighted by Crippen LogP contribution is -2.23. The lowest BCUT2D eigenvalue weighted by atomic mass is 9.88. The number of unbranched alkanes of at least 4 members (excludes halogenated alkanes) is 26. The summed E-state index contributed by atoms with van der Waals surface area (Å²) >= 11 is 0. The zero-order valence-electron chi connectivity index (χ0n) is 30.6. The third kappa shape index (κ3) is 22.6. The average Bonchev–Trinajstić information content (AvgIpc) is 3.04. The Bertz CT molecular complexity index is 768. The van der Waals surface area contributed by atoms with Crippen LogP contribution in [-0.4, -0.2) is 11.8 Å². The van der Waals surface area contributed by atoms with Crippen molar-refractivity contribution in [2.24, 2.45) is 11.5 Å². The molecule has 0 bridgehead atoms. The van der Waals surface area contributed by atoms with E-state index in [-0.39, 0.29) is 23.7 Å². The van der Waals surface area contributed by atoms with E-state index in [1.165, 1.54) is 154 Å². The van der Waals surface area contributed by atoms with E-state index < -0.39 is 0 Å². The molecule has 0 radical (unpaired) electrons. The monoisotopic (exact) mass is 641 g/mol. The van der Waals surface area contributed by atoms with Crippen LogP contribution in [0, 0.1) is 0 Å². The highest BCUT2D eigenvalue weighted by Gasteiger charge is 2.20. The van der Waals surface area contributed by atoms with Gasteiger partial charge in [-0.05, 0) is 24.0 Å². The lowest BCUT2D eigenvalue weighted by Gasteiger charge is -2.17. The van der Waals surface area contributed by atoms with Crippen LogP contribution in [-0.2, 0) is 9.59 Å². The second-order valence-electron chi connectivity index (χ2n) is 14.3. The molecule has 0 saturated heterocycles. The Balaban J connectivity index is 2.22. The molecule has 4 N–H and O–H groups in total. The minimum absolute atomic E-state index is 0.253. The minimum Gasteiger partial charge on any atom is -0.369 e. The predicted octanol–water partition coefficient (Wildman–Crippen LogP) is 12.6. The van der Waals surface area contributed by atoms with Gasteiger partial charge in [0.25, 0.3) is 0 Å². The van der Waals surface area contributed by atoms with Crippen molar-refractivity contribution in [3.8, 4) is 0 Å². The van der Waals surface area contributed by atoms with Gasteiger partial charge in [-0.2, -0.15) is 0 Å². The van der Waals surface area contributed by atoms with E-state index in [4.69, 9.17) is 11.5 Å². The van der Waals surface area contributed by atoms with Crippen LogP contribution in [0.3, 0.4) is 0 Å². The van der Waals surface area contributed by atoms with Crippen molar-refractivity contribution in [2.45, 2.75) is 218 Å². The number of carbonyl (C=O) groups excluding carboxylic acids is 2. The van der Waals surface area contributed by atoms with Crippen molar-refractivity contribution < 1.29 is 9.59 Å². The van der Waals surface area contributed by atoms with Gasteiger partial charge in [-0.15, -0.1) is 0 Å². The Labute approximate surface area is 286 Å². The van der Waals surface area contributed by atoms with Gasteiger partial charge in [-0.3, -0.25) is 9.59 Å². The van der Waals surface area contributed by atoms with Crippen LogP contribution in [0.1, 0.15) is 229 Å². The Morgan fingerprint density at radius 3 is 0.783 bits per heavy atom. The van der Waals surface area contributed by atoms with Gasteiger partial charge in [0.15, 0.2) is 0 Å². The fourth-order valence-electron chi connectivity index (χ4n) is 6.99. The maximum atomic E-state index is 12.3. The van der Waals surface area contributed by atoms with Gasteiger partial charge in [0, 0.05) is 0 Å². The third-order valence-corrected chi connectivity index (χ3v) is 10.1. The SMILES string of the molecule is CCCCCCCCCCCCCCCCC(C(N)=O)c1ccc(C(CCCCCCCCCCCCCCCC)C(N)=O)cc1. The molecule has 2 unspecified atom stereocenters. The highest BCUT2D eigenvalue weighted by molar-refractivity contribution is 5.83. The predicted molar refractivity (Wildman–Crippen MR) is 200 cm³/mol. The van der Waals surface area contributed by atoms with Crippen molar-refractivity contribution in [3.63, 3.8) is 0 Å². The van der Waals surface area contributed by atoms with Crippen molar-refractivity contribution in [2.75, 3.05) is 0 Å². The normalized spacial score (nSPS) is 12.7. The van der Waals surface area contributed by atoms with E-state index in [0.29, 0.717) is 0 Å². The molecule has 4 nitrogen and oxygen atoms in total. The number of primary amides is 2. The largest absolute Gasteiger partial charge is 0.369 e. The molecule has 1 aromatic carbocycles. The first kappa shape index (κ1) is 42.2. The van der Waals surface area contributed by atoms with E-state index in [1.807, 2.05) is 24.3 Å². The molecule has 2 amide bonds. The van der Waals surface area contributed by atoms with Gasteiger partial charge >= 0.3 is 0 Å². The van der Waals surface area contributed by atoms with Crippen LogP contribution in [0.25, 0.3) is 0 Å². The molecule has 0 heterocycles. The highest BCUT2D eigenvalue weighted by Crippen LogP contribution is 2.28. The zero-order chi connectivity index (χ0) is 33.5. The van der Waals surface area contributed by atoms with Crippen molar-refractivity contribution in [3.05, 3.63) is 35.4 Å². The number of hydrogen-bond donors (Lipinski definition) is 2. The van der Waals surface area contributed by atoms with E-state index >= 15 is 0 Å². The van der Waals surface area contributed by atoms with Gasteiger partial charge in [0.1, 0.15) is 0 Å². The van der Waals surface area contributed by atoms with Crippen LogP contribution < -0.4 is 11.5 Å². The first-order valence-electron chi connectivity index (χ1n) is 20.2. The molecular formula is C42H76N2O2. The van der Waals surface area contributed by atoms with Gasteiger partial charge in [0.2, 0.25) is 11.8 Å². The number of hydrogen-bond acceptors (Lipinski definition) is 2. The molecule has 1 aromatic rings. The van der Waals surface area contributed by atoms with E-state index in [1.54, 1.807) is 0 Å². The van der Waals surface area contributed by atoms with Crippen LogP contribution in [0.4, 0.5) is 0 Å². The molecule has 0 spiro atoms. The summed E-state index contributed by atoms with van der Waals surface area (Å²) in [5.41, 5.74) is 13.6. The average molecular weight is 641 g/mol. The van der Waals surface area contributed by atoms with E-state index in [9.17, 15) is 9.59 Å². The number of carbonyl (C=O) groups is 2. The van der Waals surface area contributed by atoms with Crippen molar-refractivity contribution in [1.29, 1.82) is 0 Å². The Kier molecular flexibility index (Phi) is 28.0. The number of rotatable bonds is 34. The first-order valence-corrected chi connectivity index (χ1v) is 20.2. The Morgan fingerprint density at radius 2 is 0.587 bits per heavy atom. The quantitative estimate of drug-likeness (QED) is 0.0734. The molecule has 4 heteroatoms. The van der Waals surface area contributed by atoms with Crippen LogP contribution in [0.2, 0.25) is 0 Å². The molecule has 0 aliphatic heterocycles. The molecule has 0 fully saturated rings. The summed E-state index contributed by atoms with van der Waals surface area (Å²) in [5, 5.41) is 0. The summed E-state index contributed by atoms with van der Waals surface area (Å²) in [6.45, 7) is 4.55. The zero-order valence-corrected chi connectivity index (χ0v) is 30.6. The second-order valence-corrected chi connectivity index (χ2v) is 14.3. The van der Waals surface area contributed by atoms with Crippen molar-refractivity contribution >= 4 is 11.8 Å². The molecule has 0 saturated carbocycles. The molecular weight excluding hydrogens is 564 g/mol. The van der Waals surface area contributed by atoms with Gasteiger partial charge in [-0.25, -0.2) is 0 Å². The fourth-order valence-corrected chi connectivity index (χ4v) is 6.99. The molecule has 0 aliphatic rings. The Morgan fingerprint density at radius 1 is 0.391 bits per heavy atom. The number of amides is 2. The molecule has 266 valence electrons. The van der Waals surface area contributed by atoms with Gasteiger partial charge in [-0.1, -0.05) is 218 Å². The number of nitrogens with two attached hydrogens (primary N) is 2. The topological polar surface area (TPSA) is 86.2 Å². The molecule has 2 atom stereocenters. The maximum absolute atomic E-state index is 12.3. The molecule has 0 aliphatic carbocycles. The Hall–Kier alpha value is -1.84. The second kappa shape index (κ2) is 30.5. The fraction of sp³-hybridized carbons (Fsp3) is 0.810. The van der Waals surface area contributed by atoms with E-state index in [0.717, 1.165) is 49.7 Å². The highest BCUT2D eigenvalue weighted by atomic mass is 16.1. The third-order valence-electron chi connectivity index (χ3n) is 10.1. The van der Waals surface area contributed by atoms with Crippen LogP contribution in [0.5, 0.6) is 0 Å². The molecule has 46 heavy (non-hydrogen) atoms. The maximum Gasteiger partial charge on any atom is 0.224 e. The molecule has 1 rings (SSSR count). The minimum atomic E-state index is -0.260.